The third-order valence-electron chi connectivity index (χ3n) is 3.29. The first-order chi connectivity index (χ1) is 9.76. The summed E-state index contributed by atoms with van der Waals surface area (Å²) in [6, 6.07) is 9.76. The van der Waals surface area contributed by atoms with Crippen LogP contribution in [0.25, 0.3) is 0 Å². The maximum Gasteiger partial charge on any atom is 0.136 e. The molecule has 1 fully saturated rings. The summed E-state index contributed by atoms with van der Waals surface area (Å²) < 4.78 is 5.20. The minimum Gasteiger partial charge on any atom is -0.384 e. The van der Waals surface area contributed by atoms with E-state index in [0.717, 1.165) is 35.7 Å². The molecule has 1 saturated carbocycles. The highest BCUT2D eigenvalue weighted by Crippen LogP contribution is 2.38. The zero-order valence-corrected chi connectivity index (χ0v) is 11.5. The molecular weight excluding hydrogens is 252 g/mol. The van der Waals surface area contributed by atoms with E-state index in [1.54, 1.807) is 13.2 Å². The van der Waals surface area contributed by atoms with Gasteiger partial charge in [0.1, 0.15) is 17.5 Å². The van der Waals surface area contributed by atoms with Crippen LogP contribution in [-0.4, -0.2) is 17.1 Å². The van der Waals surface area contributed by atoms with Crippen molar-refractivity contribution in [3.05, 3.63) is 41.7 Å². The predicted molar refractivity (Wildman–Crippen MR) is 78.9 cm³/mol. The molecule has 0 aliphatic heterocycles. The summed E-state index contributed by atoms with van der Waals surface area (Å²) in [4.78, 5) is 8.85. The molecule has 104 valence electrons. The number of aromatic nitrogens is 2. The predicted octanol–water partition coefficient (Wildman–Crippen LogP) is 2.83. The number of hydrogen-bond donors (Lipinski definition) is 2. The van der Waals surface area contributed by atoms with Gasteiger partial charge in [-0.2, -0.15) is 0 Å². The number of nitrogens with two attached hydrogens (primary N) is 1. The molecule has 5 heteroatoms. The summed E-state index contributed by atoms with van der Waals surface area (Å²) in [5, 5.41) is 3.31. The standard InChI is InChI=1S/C15H18N4O/c1-20-9-11-4-2-3-5-12(11)17-14-8-13(16)18-15(19-14)10-6-7-10/h2-5,8,10H,6-7,9H2,1H3,(H3,16,17,18,19). The van der Waals surface area contributed by atoms with E-state index in [9.17, 15) is 0 Å². The van der Waals surface area contributed by atoms with Gasteiger partial charge in [-0.15, -0.1) is 0 Å². The zero-order chi connectivity index (χ0) is 13.9. The van der Waals surface area contributed by atoms with Crippen LogP contribution in [0.3, 0.4) is 0 Å². The summed E-state index contributed by atoms with van der Waals surface area (Å²) in [7, 11) is 1.69. The molecule has 0 bridgehead atoms. The van der Waals surface area contributed by atoms with Crippen molar-refractivity contribution in [3.63, 3.8) is 0 Å². The van der Waals surface area contributed by atoms with Crippen molar-refractivity contribution in [2.24, 2.45) is 0 Å². The Labute approximate surface area is 118 Å². The topological polar surface area (TPSA) is 73.1 Å². The molecule has 2 aromatic rings. The summed E-state index contributed by atoms with van der Waals surface area (Å²) >= 11 is 0. The lowest BCUT2D eigenvalue weighted by Crippen LogP contribution is -2.04. The van der Waals surface area contributed by atoms with E-state index < -0.39 is 0 Å². The molecular formula is C15H18N4O. The van der Waals surface area contributed by atoms with Crippen LogP contribution in [0.5, 0.6) is 0 Å². The number of ether oxygens (including phenoxy) is 1. The quantitative estimate of drug-likeness (QED) is 0.874. The minimum atomic E-state index is 0.480. The average molecular weight is 270 g/mol. The van der Waals surface area contributed by atoms with E-state index in [4.69, 9.17) is 10.5 Å². The largest absolute Gasteiger partial charge is 0.384 e. The van der Waals surface area contributed by atoms with Crippen molar-refractivity contribution in [2.75, 3.05) is 18.2 Å². The van der Waals surface area contributed by atoms with Crippen LogP contribution in [-0.2, 0) is 11.3 Å². The first-order valence-corrected chi connectivity index (χ1v) is 6.74. The monoisotopic (exact) mass is 270 g/mol. The number of nitrogens with zero attached hydrogens (tertiary/aromatic N) is 2. The zero-order valence-electron chi connectivity index (χ0n) is 11.5. The number of methoxy groups -OCH3 is 1. The van der Waals surface area contributed by atoms with Gasteiger partial charge in [-0.1, -0.05) is 18.2 Å². The highest BCUT2D eigenvalue weighted by Gasteiger charge is 2.27. The minimum absolute atomic E-state index is 0.480. The number of benzene rings is 1. The molecule has 1 heterocycles. The molecule has 0 amide bonds. The molecule has 1 aliphatic carbocycles. The number of hydrogen-bond acceptors (Lipinski definition) is 5. The molecule has 20 heavy (non-hydrogen) atoms. The van der Waals surface area contributed by atoms with Gasteiger partial charge in [0.2, 0.25) is 0 Å². The van der Waals surface area contributed by atoms with Gasteiger partial charge in [0, 0.05) is 30.3 Å². The fraction of sp³-hybridized carbons (Fsp3) is 0.333. The fourth-order valence-corrected chi connectivity index (χ4v) is 2.14. The molecule has 0 unspecified atom stereocenters. The average Bonchev–Trinajstić information content (AvgIpc) is 3.25. The highest BCUT2D eigenvalue weighted by atomic mass is 16.5. The normalized spacial score (nSPS) is 14.2. The lowest BCUT2D eigenvalue weighted by Gasteiger charge is -2.12. The number of anilines is 3. The Bertz CT molecular complexity index is 611. The third-order valence-corrected chi connectivity index (χ3v) is 3.29. The Morgan fingerprint density at radius 2 is 2.10 bits per heavy atom. The van der Waals surface area contributed by atoms with Crippen LogP contribution in [0.1, 0.15) is 30.1 Å². The van der Waals surface area contributed by atoms with Gasteiger partial charge in [-0.05, 0) is 18.9 Å². The Morgan fingerprint density at radius 3 is 2.85 bits per heavy atom. The summed E-state index contributed by atoms with van der Waals surface area (Å²) in [5.74, 6) is 2.57. The molecule has 0 spiro atoms. The molecule has 0 radical (unpaired) electrons. The lowest BCUT2D eigenvalue weighted by atomic mass is 10.2. The second-order valence-corrected chi connectivity index (χ2v) is 5.03. The summed E-state index contributed by atoms with van der Waals surface area (Å²) in [5.41, 5.74) is 7.92. The van der Waals surface area contributed by atoms with Crippen molar-refractivity contribution in [1.29, 1.82) is 0 Å². The number of rotatable bonds is 5. The number of para-hydroxylation sites is 1. The van der Waals surface area contributed by atoms with Gasteiger partial charge < -0.3 is 15.8 Å². The van der Waals surface area contributed by atoms with Crippen molar-refractivity contribution >= 4 is 17.3 Å². The number of nitrogen functional groups attached to an aromatic ring is 1. The van der Waals surface area contributed by atoms with Crippen LogP contribution >= 0.6 is 0 Å². The molecule has 0 atom stereocenters. The highest BCUT2D eigenvalue weighted by molar-refractivity contribution is 5.62. The van der Waals surface area contributed by atoms with Crippen LogP contribution in [0, 0.1) is 0 Å². The van der Waals surface area contributed by atoms with Gasteiger partial charge in [0.15, 0.2) is 0 Å². The second-order valence-electron chi connectivity index (χ2n) is 5.03. The van der Waals surface area contributed by atoms with E-state index in [2.05, 4.69) is 15.3 Å². The van der Waals surface area contributed by atoms with Crippen LogP contribution in [0.4, 0.5) is 17.3 Å². The first kappa shape index (κ1) is 12.9. The smallest absolute Gasteiger partial charge is 0.136 e. The SMILES string of the molecule is COCc1ccccc1Nc1cc(N)nc(C2CC2)n1. The third kappa shape index (κ3) is 2.88. The Balaban J connectivity index is 1.87. The second kappa shape index (κ2) is 5.46. The van der Waals surface area contributed by atoms with Gasteiger partial charge in [-0.25, -0.2) is 9.97 Å². The van der Waals surface area contributed by atoms with E-state index >= 15 is 0 Å². The van der Waals surface area contributed by atoms with Gasteiger partial charge >= 0.3 is 0 Å². The summed E-state index contributed by atoms with van der Waals surface area (Å²) in [6.45, 7) is 0.555. The Hall–Kier alpha value is -2.14. The molecule has 1 aliphatic rings. The maximum atomic E-state index is 5.86. The van der Waals surface area contributed by atoms with Crippen LogP contribution < -0.4 is 11.1 Å². The molecule has 3 rings (SSSR count). The lowest BCUT2D eigenvalue weighted by molar-refractivity contribution is 0.185. The van der Waals surface area contributed by atoms with E-state index in [-0.39, 0.29) is 0 Å². The van der Waals surface area contributed by atoms with Gasteiger partial charge in [-0.3, -0.25) is 0 Å². The van der Waals surface area contributed by atoms with Crippen molar-refractivity contribution < 1.29 is 4.74 Å². The van der Waals surface area contributed by atoms with Crippen molar-refractivity contribution in [2.45, 2.75) is 25.4 Å². The number of nitrogens with one attached hydrogen (secondary N) is 1. The van der Waals surface area contributed by atoms with E-state index in [0.29, 0.717) is 18.3 Å². The van der Waals surface area contributed by atoms with Crippen molar-refractivity contribution in [1.82, 2.24) is 9.97 Å². The Kier molecular flexibility index (Phi) is 3.52. The molecule has 3 N–H and O–H groups in total. The first-order valence-electron chi connectivity index (χ1n) is 6.74. The fourth-order valence-electron chi connectivity index (χ4n) is 2.14. The van der Waals surface area contributed by atoms with Crippen molar-refractivity contribution in [3.8, 4) is 0 Å². The molecule has 5 nitrogen and oxygen atoms in total. The van der Waals surface area contributed by atoms with Gasteiger partial charge in [0.05, 0.1) is 6.61 Å². The summed E-state index contributed by atoms with van der Waals surface area (Å²) in [6.07, 6.45) is 2.31. The Morgan fingerprint density at radius 1 is 1.30 bits per heavy atom. The molecule has 0 saturated heterocycles. The van der Waals surface area contributed by atoms with Crippen LogP contribution in [0.15, 0.2) is 30.3 Å². The maximum absolute atomic E-state index is 5.86. The van der Waals surface area contributed by atoms with Gasteiger partial charge in [0.25, 0.3) is 0 Å². The van der Waals surface area contributed by atoms with E-state index in [1.165, 1.54) is 0 Å². The molecule has 1 aromatic heterocycles. The molecule has 1 aromatic carbocycles. The van der Waals surface area contributed by atoms with Crippen LogP contribution in [0.2, 0.25) is 0 Å². The van der Waals surface area contributed by atoms with E-state index in [1.807, 2.05) is 24.3 Å².